The molecule has 0 aliphatic carbocycles. The van der Waals surface area contributed by atoms with Gasteiger partial charge in [0.1, 0.15) is 5.82 Å². The highest BCUT2D eigenvalue weighted by molar-refractivity contribution is 7.89. The van der Waals surface area contributed by atoms with Gasteiger partial charge in [-0.25, -0.2) is 17.6 Å². The molecule has 3 rings (SSSR count). The number of halogens is 4. The van der Waals surface area contributed by atoms with Crippen LogP contribution >= 0.6 is 0 Å². The van der Waals surface area contributed by atoms with Crippen LogP contribution in [-0.4, -0.2) is 73.5 Å². The van der Waals surface area contributed by atoms with E-state index in [9.17, 15) is 30.8 Å². The van der Waals surface area contributed by atoms with E-state index in [1.807, 2.05) is 19.1 Å². The first-order valence-corrected chi connectivity index (χ1v) is 13.2. The minimum absolute atomic E-state index is 0.0573. The number of aliphatic carboxylic acids is 1. The fourth-order valence-electron chi connectivity index (χ4n) is 4.07. The first-order chi connectivity index (χ1) is 17.6. The molecule has 210 valence electrons. The van der Waals surface area contributed by atoms with Crippen molar-refractivity contribution in [1.29, 1.82) is 0 Å². The summed E-state index contributed by atoms with van der Waals surface area (Å²) in [5.41, 5.74) is 3.01. The van der Waals surface area contributed by atoms with Crippen molar-refractivity contribution in [1.82, 2.24) is 14.5 Å². The minimum atomic E-state index is -5.08. The zero-order chi connectivity index (χ0) is 28.7. The first-order valence-electron chi connectivity index (χ1n) is 11.7. The summed E-state index contributed by atoms with van der Waals surface area (Å²) in [5, 5.41) is 10.3. The lowest BCUT2D eigenvalue weighted by molar-refractivity contribution is -0.192. The molecule has 8 nitrogen and oxygen atoms in total. The molecule has 0 unspecified atom stereocenters. The van der Waals surface area contributed by atoms with Crippen LogP contribution in [0.15, 0.2) is 41.3 Å². The van der Waals surface area contributed by atoms with Crippen molar-refractivity contribution in [3.8, 4) is 0 Å². The molecule has 1 aliphatic heterocycles. The molecule has 1 fully saturated rings. The molecule has 0 bridgehead atoms. The van der Waals surface area contributed by atoms with Crippen LogP contribution < -0.4 is 5.32 Å². The summed E-state index contributed by atoms with van der Waals surface area (Å²) in [6.45, 7) is 8.37. The summed E-state index contributed by atoms with van der Waals surface area (Å²) < 4.78 is 73.7. The predicted octanol–water partition coefficient (Wildman–Crippen LogP) is 3.40. The number of alkyl halides is 3. The monoisotopic (exact) mass is 561 g/mol. The number of carboxylic acid groups (broad SMARTS) is 1. The Kier molecular flexibility index (Phi) is 10.8. The number of aryl methyl sites for hydroxylation is 3. The van der Waals surface area contributed by atoms with Crippen molar-refractivity contribution in [2.24, 2.45) is 0 Å². The molecular formula is C25H31F4N3O5S. The van der Waals surface area contributed by atoms with Gasteiger partial charge in [-0.05, 0) is 49.6 Å². The fraction of sp³-hybridized carbons (Fsp3) is 0.440. The number of sulfonamides is 1. The lowest BCUT2D eigenvalue weighted by atomic mass is 10.1. The van der Waals surface area contributed by atoms with E-state index in [2.05, 4.69) is 5.32 Å². The molecule has 2 aromatic rings. The highest BCUT2D eigenvalue weighted by Gasteiger charge is 2.38. The van der Waals surface area contributed by atoms with Crippen LogP contribution in [0.4, 0.5) is 17.6 Å². The Bertz CT molecular complexity index is 1210. The second-order valence-corrected chi connectivity index (χ2v) is 10.8. The van der Waals surface area contributed by atoms with Gasteiger partial charge in [-0.15, -0.1) is 0 Å². The quantitative estimate of drug-likeness (QED) is 0.502. The Morgan fingerprint density at radius 1 is 1.03 bits per heavy atom. The molecular weight excluding hydrogens is 530 g/mol. The van der Waals surface area contributed by atoms with Gasteiger partial charge in [0, 0.05) is 45.7 Å². The SMILES string of the molecule is Cc1cc(C)c(S(=O)(=O)N(CCC(=O)N2CCNCC2)Cc2ccc(F)cc2)c(C)c1.O=C(O)C(F)(F)F. The van der Waals surface area contributed by atoms with Crippen molar-refractivity contribution >= 4 is 21.9 Å². The number of hydrogen-bond acceptors (Lipinski definition) is 5. The predicted molar refractivity (Wildman–Crippen MR) is 132 cm³/mol. The number of carbonyl (C=O) groups excluding carboxylic acids is 1. The summed E-state index contributed by atoms with van der Waals surface area (Å²) in [6.07, 6.45) is -4.98. The third kappa shape index (κ3) is 8.77. The number of benzene rings is 2. The van der Waals surface area contributed by atoms with Crippen LogP contribution in [0.3, 0.4) is 0 Å². The number of amides is 1. The van der Waals surface area contributed by atoms with E-state index in [0.29, 0.717) is 29.8 Å². The summed E-state index contributed by atoms with van der Waals surface area (Å²) in [4.78, 5) is 23.6. The Labute approximate surface area is 219 Å². The Morgan fingerprint density at radius 3 is 2.00 bits per heavy atom. The van der Waals surface area contributed by atoms with Crippen LogP contribution in [0.2, 0.25) is 0 Å². The molecule has 0 saturated carbocycles. The normalized spacial score (nSPS) is 14.2. The van der Waals surface area contributed by atoms with Crippen LogP contribution in [0.1, 0.15) is 28.7 Å². The van der Waals surface area contributed by atoms with Crippen molar-refractivity contribution in [3.05, 3.63) is 64.5 Å². The van der Waals surface area contributed by atoms with E-state index >= 15 is 0 Å². The van der Waals surface area contributed by atoms with Gasteiger partial charge in [-0.1, -0.05) is 29.8 Å². The maximum Gasteiger partial charge on any atom is 0.490 e. The van der Waals surface area contributed by atoms with E-state index < -0.39 is 22.2 Å². The van der Waals surface area contributed by atoms with Crippen molar-refractivity contribution in [3.63, 3.8) is 0 Å². The van der Waals surface area contributed by atoms with Gasteiger partial charge in [0.05, 0.1) is 4.90 Å². The Balaban J connectivity index is 0.000000638. The third-order valence-corrected chi connectivity index (χ3v) is 7.91. The van der Waals surface area contributed by atoms with Crippen LogP contribution in [0.25, 0.3) is 0 Å². The average Bonchev–Trinajstić information content (AvgIpc) is 2.82. The number of nitrogens with one attached hydrogen (secondary N) is 1. The molecule has 0 atom stereocenters. The van der Waals surface area contributed by atoms with Crippen LogP contribution in [-0.2, 0) is 26.2 Å². The lowest BCUT2D eigenvalue weighted by Crippen LogP contribution is -2.47. The molecule has 38 heavy (non-hydrogen) atoms. The summed E-state index contributed by atoms with van der Waals surface area (Å²) in [6, 6.07) is 9.47. The lowest BCUT2D eigenvalue weighted by Gasteiger charge is -2.29. The van der Waals surface area contributed by atoms with Crippen molar-refractivity contribution in [2.75, 3.05) is 32.7 Å². The number of hydrogen-bond donors (Lipinski definition) is 2. The maximum absolute atomic E-state index is 13.7. The fourth-order valence-corrected chi connectivity index (χ4v) is 5.91. The zero-order valence-corrected chi connectivity index (χ0v) is 22.1. The van der Waals surface area contributed by atoms with E-state index in [-0.39, 0.29) is 36.1 Å². The highest BCUT2D eigenvalue weighted by atomic mass is 32.2. The van der Waals surface area contributed by atoms with Crippen molar-refractivity contribution < 1.29 is 40.7 Å². The van der Waals surface area contributed by atoms with Gasteiger partial charge in [0.2, 0.25) is 15.9 Å². The molecule has 0 aromatic heterocycles. The molecule has 0 radical (unpaired) electrons. The van der Waals surface area contributed by atoms with E-state index in [4.69, 9.17) is 9.90 Å². The topological polar surface area (TPSA) is 107 Å². The molecule has 1 saturated heterocycles. The van der Waals surface area contributed by atoms with Gasteiger partial charge in [0.25, 0.3) is 0 Å². The molecule has 0 spiro atoms. The number of carboxylic acids is 1. The Hall–Kier alpha value is -3.03. The summed E-state index contributed by atoms with van der Waals surface area (Å²) in [7, 11) is -3.86. The minimum Gasteiger partial charge on any atom is -0.475 e. The summed E-state index contributed by atoms with van der Waals surface area (Å²) in [5.74, 6) is -3.19. The second-order valence-electron chi connectivity index (χ2n) is 8.88. The van der Waals surface area contributed by atoms with Gasteiger partial charge in [-0.3, -0.25) is 4.79 Å². The molecule has 13 heteroatoms. The molecule has 1 aliphatic rings. The largest absolute Gasteiger partial charge is 0.490 e. The maximum atomic E-state index is 13.7. The third-order valence-electron chi connectivity index (χ3n) is 5.76. The number of piperazine rings is 1. The smallest absolute Gasteiger partial charge is 0.475 e. The molecule has 2 aromatic carbocycles. The van der Waals surface area contributed by atoms with Crippen LogP contribution in [0, 0.1) is 26.6 Å². The van der Waals surface area contributed by atoms with Crippen molar-refractivity contribution in [2.45, 2.75) is 44.8 Å². The molecule has 1 heterocycles. The number of nitrogens with zero attached hydrogens (tertiary/aromatic N) is 2. The van der Waals surface area contributed by atoms with E-state index in [1.165, 1.54) is 16.4 Å². The number of carbonyl (C=O) groups is 2. The van der Waals surface area contributed by atoms with Gasteiger partial charge in [-0.2, -0.15) is 17.5 Å². The zero-order valence-electron chi connectivity index (χ0n) is 21.3. The number of rotatable bonds is 7. The van der Waals surface area contributed by atoms with Gasteiger partial charge in [0.15, 0.2) is 0 Å². The summed E-state index contributed by atoms with van der Waals surface area (Å²) >= 11 is 0. The highest BCUT2D eigenvalue weighted by Crippen LogP contribution is 2.27. The van der Waals surface area contributed by atoms with E-state index in [1.54, 1.807) is 30.9 Å². The van der Waals surface area contributed by atoms with Gasteiger partial charge >= 0.3 is 12.1 Å². The van der Waals surface area contributed by atoms with Gasteiger partial charge < -0.3 is 15.3 Å². The first kappa shape index (κ1) is 31.2. The standard InChI is InChI=1S/C23H30FN3O3S.C2HF3O2/c1-17-14-18(2)23(19(3)15-17)31(29,30)27(16-20-4-6-21(24)7-5-20)11-8-22(28)26-12-9-25-10-13-26;3-2(4,5)1(6)7/h4-7,14-15,25H,8-13,16H2,1-3H3;(H,6,7). The second kappa shape index (κ2) is 13.2. The Morgan fingerprint density at radius 2 is 1.53 bits per heavy atom. The van der Waals surface area contributed by atoms with E-state index in [0.717, 1.165) is 18.7 Å². The average molecular weight is 562 g/mol. The van der Waals surface area contributed by atoms with Crippen LogP contribution in [0.5, 0.6) is 0 Å². The molecule has 2 N–H and O–H groups in total. The molecule has 1 amide bonds.